The molecule has 2 atom stereocenters. The minimum atomic E-state index is 0.805. The minimum Gasteiger partial charge on any atom is -0.329 e. The van der Waals surface area contributed by atoms with Crippen molar-refractivity contribution in [2.45, 2.75) is 13.8 Å². The van der Waals surface area contributed by atoms with Gasteiger partial charge in [-0.2, -0.15) is 0 Å². The normalized spacial score (nSPS) is 35.1. The average molecular weight is 142 g/mol. The van der Waals surface area contributed by atoms with Crippen molar-refractivity contribution in [3.8, 4) is 0 Å². The Balaban J connectivity index is 2.27. The Hall–Kier alpha value is -0.0800. The van der Waals surface area contributed by atoms with E-state index in [-0.39, 0.29) is 0 Å². The molecule has 1 aliphatic rings. The van der Waals surface area contributed by atoms with Crippen LogP contribution in [0.1, 0.15) is 13.8 Å². The molecule has 0 aromatic carbocycles. The first kappa shape index (κ1) is 8.02. The van der Waals surface area contributed by atoms with Gasteiger partial charge < -0.3 is 10.6 Å². The second-order valence-corrected chi connectivity index (χ2v) is 3.50. The van der Waals surface area contributed by atoms with Crippen LogP contribution in [-0.2, 0) is 0 Å². The molecule has 0 aromatic heterocycles. The van der Waals surface area contributed by atoms with Crippen molar-refractivity contribution < 1.29 is 0 Å². The summed E-state index contributed by atoms with van der Waals surface area (Å²) in [6.45, 7) is 9.02. The summed E-state index contributed by atoms with van der Waals surface area (Å²) in [7, 11) is 0. The van der Waals surface area contributed by atoms with Crippen LogP contribution < -0.4 is 5.73 Å². The lowest BCUT2D eigenvalue weighted by Crippen LogP contribution is -2.27. The predicted molar refractivity (Wildman–Crippen MR) is 43.8 cm³/mol. The lowest BCUT2D eigenvalue weighted by molar-refractivity contribution is 0.333. The minimum absolute atomic E-state index is 0.805. The summed E-state index contributed by atoms with van der Waals surface area (Å²) >= 11 is 0. The van der Waals surface area contributed by atoms with Crippen LogP contribution in [0.5, 0.6) is 0 Å². The fraction of sp³-hybridized carbons (Fsp3) is 1.00. The Morgan fingerprint density at radius 1 is 1.30 bits per heavy atom. The van der Waals surface area contributed by atoms with Crippen LogP contribution in [-0.4, -0.2) is 31.1 Å². The first-order valence-corrected chi connectivity index (χ1v) is 4.16. The van der Waals surface area contributed by atoms with Gasteiger partial charge in [0.05, 0.1) is 0 Å². The Morgan fingerprint density at radius 2 is 1.80 bits per heavy atom. The fourth-order valence-electron chi connectivity index (χ4n) is 1.61. The van der Waals surface area contributed by atoms with Crippen molar-refractivity contribution in [2.24, 2.45) is 17.6 Å². The summed E-state index contributed by atoms with van der Waals surface area (Å²) in [5.74, 6) is 1.73. The van der Waals surface area contributed by atoms with Gasteiger partial charge in [-0.25, -0.2) is 0 Å². The highest BCUT2D eigenvalue weighted by molar-refractivity contribution is 4.78. The first-order chi connectivity index (χ1) is 4.74. The van der Waals surface area contributed by atoms with Crippen molar-refractivity contribution in [3.05, 3.63) is 0 Å². The standard InChI is InChI=1S/C8H18N2/c1-7-5-10(4-3-9)6-8(7)2/h7-8H,3-6,9H2,1-2H3/t7-,8-/m0/s1. The molecule has 1 aliphatic heterocycles. The van der Waals surface area contributed by atoms with Gasteiger partial charge in [0.15, 0.2) is 0 Å². The molecule has 10 heavy (non-hydrogen) atoms. The van der Waals surface area contributed by atoms with E-state index in [1.165, 1.54) is 13.1 Å². The highest BCUT2D eigenvalue weighted by Crippen LogP contribution is 2.20. The molecule has 0 aromatic rings. The van der Waals surface area contributed by atoms with Crippen molar-refractivity contribution in [3.63, 3.8) is 0 Å². The van der Waals surface area contributed by atoms with Gasteiger partial charge in [0.2, 0.25) is 0 Å². The summed E-state index contributed by atoms with van der Waals surface area (Å²) in [5, 5.41) is 0. The molecule has 60 valence electrons. The Bertz CT molecular complexity index is 93.4. The molecule has 2 heteroatoms. The van der Waals surface area contributed by atoms with Crippen LogP contribution in [0.25, 0.3) is 0 Å². The number of likely N-dealkylation sites (tertiary alicyclic amines) is 1. The zero-order valence-electron chi connectivity index (χ0n) is 7.01. The molecule has 0 bridgehead atoms. The van der Waals surface area contributed by atoms with Crippen molar-refractivity contribution >= 4 is 0 Å². The van der Waals surface area contributed by atoms with Crippen LogP contribution in [0.3, 0.4) is 0 Å². The van der Waals surface area contributed by atoms with Crippen molar-refractivity contribution in [1.82, 2.24) is 4.90 Å². The Labute approximate surface area is 63.4 Å². The summed E-state index contributed by atoms with van der Waals surface area (Å²) in [4.78, 5) is 2.45. The second kappa shape index (κ2) is 3.35. The summed E-state index contributed by atoms with van der Waals surface area (Å²) < 4.78 is 0. The van der Waals surface area contributed by atoms with E-state index in [0.717, 1.165) is 24.9 Å². The van der Waals surface area contributed by atoms with Crippen molar-refractivity contribution in [2.75, 3.05) is 26.2 Å². The molecule has 0 saturated carbocycles. The number of nitrogens with two attached hydrogens (primary N) is 1. The van der Waals surface area contributed by atoms with Gasteiger partial charge in [-0.15, -0.1) is 0 Å². The highest BCUT2D eigenvalue weighted by atomic mass is 15.2. The maximum atomic E-state index is 5.46. The van der Waals surface area contributed by atoms with E-state index >= 15 is 0 Å². The fourth-order valence-corrected chi connectivity index (χ4v) is 1.61. The summed E-state index contributed by atoms with van der Waals surface area (Å²) in [6.07, 6.45) is 0. The molecule has 0 spiro atoms. The van der Waals surface area contributed by atoms with Crippen LogP contribution >= 0.6 is 0 Å². The molecule has 1 rings (SSSR count). The van der Waals surface area contributed by atoms with Gasteiger partial charge in [0, 0.05) is 26.2 Å². The quantitative estimate of drug-likeness (QED) is 0.609. The molecule has 0 unspecified atom stereocenters. The number of nitrogens with zero attached hydrogens (tertiary/aromatic N) is 1. The van der Waals surface area contributed by atoms with Crippen molar-refractivity contribution in [1.29, 1.82) is 0 Å². The average Bonchev–Trinajstić information content (AvgIpc) is 2.14. The maximum absolute atomic E-state index is 5.46. The maximum Gasteiger partial charge on any atom is 0.0105 e. The molecule has 0 radical (unpaired) electrons. The third kappa shape index (κ3) is 1.70. The van der Waals surface area contributed by atoms with Crippen LogP contribution in [0.2, 0.25) is 0 Å². The zero-order valence-corrected chi connectivity index (χ0v) is 7.01. The molecule has 1 fully saturated rings. The molecule has 1 heterocycles. The Morgan fingerprint density at radius 3 is 2.20 bits per heavy atom. The SMILES string of the molecule is C[C@H]1CN(CCN)C[C@@H]1C. The number of hydrogen-bond acceptors (Lipinski definition) is 2. The smallest absolute Gasteiger partial charge is 0.0105 e. The number of rotatable bonds is 2. The number of hydrogen-bond donors (Lipinski definition) is 1. The molecule has 2 nitrogen and oxygen atoms in total. The van der Waals surface area contributed by atoms with E-state index < -0.39 is 0 Å². The Kier molecular flexibility index (Phi) is 2.69. The van der Waals surface area contributed by atoms with E-state index in [9.17, 15) is 0 Å². The topological polar surface area (TPSA) is 29.3 Å². The molecule has 0 aliphatic carbocycles. The van der Waals surface area contributed by atoms with Gasteiger partial charge in [0.1, 0.15) is 0 Å². The largest absolute Gasteiger partial charge is 0.329 e. The van der Waals surface area contributed by atoms with Gasteiger partial charge in [0.25, 0.3) is 0 Å². The predicted octanol–water partition coefficient (Wildman–Crippen LogP) is 0.533. The molecule has 1 saturated heterocycles. The van der Waals surface area contributed by atoms with Gasteiger partial charge in [-0.05, 0) is 11.8 Å². The molecular weight excluding hydrogens is 124 g/mol. The first-order valence-electron chi connectivity index (χ1n) is 4.16. The van der Waals surface area contributed by atoms with E-state index in [1.807, 2.05) is 0 Å². The second-order valence-electron chi connectivity index (χ2n) is 3.50. The van der Waals surface area contributed by atoms with Crippen LogP contribution in [0.15, 0.2) is 0 Å². The van der Waals surface area contributed by atoms with E-state index in [2.05, 4.69) is 18.7 Å². The molecule has 2 N–H and O–H groups in total. The summed E-state index contributed by atoms with van der Waals surface area (Å²) in [6, 6.07) is 0. The van der Waals surface area contributed by atoms with Gasteiger partial charge in [-0.3, -0.25) is 0 Å². The zero-order chi connectivity index (χ0) is 7.56. The highest BCUT2D eigenvalue weighted by Gasteiger charge is 2.24. The van der Waals surface area contributed by atoms with Crippen LogP contribution in [0.4, 0.5) is 0 Å². The van der Waals surface area contributed by atoms with E-state index in [4.69, 9.17) is 5.73 Å². The molecular formula is C8H18N2. The lowest BCUT2D eigenvalue weighted by atomic mass is 10.0. The summed E-state index contributed by atoms with van der Waals surface area (Å²) in [5.41, 5.74) is 5.46. The monoisotopic (exact) mass is 142 g/mol. The van der Waals surface area contributed by atoms with E-state index in [1.54, 1.807) is 0 Å². The van der Waals surface area contributed by atoms with Gasteiger partial charge >= 0.3 is 0 Å². The third-order valence-corrected chi connectivity index (χ3v) is 2.51. The van der Waals surface area contributed by atoms with E-state index in [0.29, 0.717) is 0 Å². The molecule has 0 amide bonds. The third-order valence-electron chi connectivity index (χ3n) is 2.51. The van der Waals surface area contributed by atoms with Crippen LogP contribution in [0, 0.1) is 11.8 Å². The van der Waals surface area contributed by atoms with Gasteiger partial charge in [-0.1, -0.05) is 13.8 Å². The lowest BCUT2D eigenvalue weighted by Gasteiger charge is -2.12.